The molecule has 3 N–H and O–H groups in total. The van der Waals surface area contributed by atoms with Crippen LogP contribution in [0.1, 0.15) is 23.5 Å². The summed E-state index contributed by atoms with van der Waals surface area (Å²) in [7, 11) is 1.61. The number of hydrogen-bond acceptors (Lipinski definition) is 9. The van der Waals surface area contributed by atoms with Gasteiger partial charge >= 0.3 is 6.61 Å². The van der Waals surface area contributed by atoms with Crippen molar-refractivity contribution in [2.24, 2.45) is 0 Å². The topological polar surface area (TPSA) is 127 Å². The van der Waals surface area contributed by atoms with E-state index >= 15 is 0 Å². The molecule has 2 aromatic carbocycles. The van der Waals surface area contributed by atoms with Gasteiger partial charge in [0, 0.05) is 30.1 Å². The van der Waals surface area contributed by atoms with Crippen LogP contribution in [0.3, 0.4) is 0 Å². The predicted octanol–water partition coefficient (Wildman–Crippen LogP) is 3.92. The Morgan fingerprint density at radius 3 is 2.80 bits per heavy atom. The highest BCUT2D eigenvalue weighted by molar-refractivity contribution is 6.10. The Labute approximate surface area is 226 Å². The van der Waals surface area contributed by atoms with Gasteiger partial charge in [-0.05, 0) is 47.9 Å². The zero-order valence-electron chi connectivity index (χ0n) is 21.4. The summed E-state index contributed by atoms with van der Waals surface area (Å²) in [5.41, 5.74) is 2.85. The molecule has 40 heavy (non-hydrogen) atoms. The summed E-state index contributed by atoms with van der Waals surface area (Å²) in [4.78, 5) is 23.2. The second-order valence-electron chi connectivity index (χ2n) is 9.95. The number of H-pyrrole nitrogens is 1. The molecule has 0 unspecified atom stereocenters. The lowest BCUT2D eigenvalue weighted by atomic mass is 9.91. The van der Waals surface area contributed by atoms with Crippen LogP contribution in [-0.4, -0.2) is 66.1 Å². The fourth-order valence-electron chi connectivity index (χ4n) is 5.81. The summed E-state index contributed by atoms with van der Waals surface area (Å²) >= 11 is 0. The molecule has 1 spiro atoms. The van der Waals surface area contributed by atoms with Gasteiger partial charge in [-0.2, -0.15) is 13.9 Å². The van der Waals surface area contributed by atoms with E-state index in [9.17, 15) is 13.6 Å². The van der Waals surface area contributed by atoms with Crippen LogP contribution < -0.4 is 25.0 Å². The third kappa shape index (κ3) is 3.87. The molecule has 1 amide bonds. The van der Waals surface area contributed by atoms with E-state index < -0.39 is 12.0 Å². The molecular weight excluding hydrogens is 524 g/mol. The number of ether oxygens (including phenoxy) is 3. The highest BCUT2D eigenvalue weighted by Crippen LogP contribution is 2.65. The van der Waals surface area contributed by atoms with Gasteiger partial charge < -0.3 is 29.7 Å². The molecule has 7 rings (SSSR count). The number of morpholine rings is 1. The zero-order chi connectivity index (χ0) is 27.4. The number of nitrogens with one attached hydrogen (secondary N) is 3. The van der Waals surface area contributed by atoms with E-state index in [2.05, 4.69) is 30.8 Å². The molecule has 2 aliphatic heterocycles. The first-order chi connectivity index (χ1) is 19.5. The first-order valence-corrected chi connectivity index (χ1v) is 12.9. The third-order valence-electron chi connectivity index (χ3n) is 7.85. The molecule has 1 aliphatic carbocycles. The molecule has 0 radical (unpaired) electrons. The summed E-state index contributed by atoms with van der Waals surface area (Å²) < 4.78 is 42.4. The van der Waals surface area contributed by atoms with E-state index in [1.807, 2.05) is 41.3 Å². The van der Waals surface area contributed by atoms with Crippen LogP contribution in [0.2, 0.25) is 0 Å². The zero-order valence-corrected chi connectivity index (χ0v) is 21.4. The maximum absolute atomic E-state index is 13.4. The van der Waals surface area contributed by atoms with E-state index in [1.54, 1.807) is 7.11 Å². The minimum absolute atomic E-state index is 0.00560. The SMILES string of the molecule is COc1ccc2c(c1)[C@]1(C[C@H]1c1ccc3c(Nc4ncnc(N5CCOCC5)c4OC(F)F)n[nH]c3c1)C(=O)N2. The van der Waals surface area contributed by atoms with Gasteiger partial charge in [-0.15, -0.1) is 0 Å². The highest BCUT2D eigenvalue weighted by atomic mass is 19.3. The maximum Gasteiger partial charge on any atom is 0.387 e. The van der Waals surface area contributed by atoms with Crippen LogP contribution in [0.25, 0.3) is 10.9 Å². The Morgan fingerprint density at radius 1 is 1.15 bits per heavy atom. The lowest BCUT2D eigenvalue weighted by Crippen LogP contribution is -2.37. The van der Waals surface area contributed by atoms with Gasteiger partial charge in [0.05, 0.1) is 31.3 Å². The Kier molecular flexibility index (Phi) is 5.70. The molecule has 206 valence electrons. The fraction of sp³-hybridized carbons (Fsp3) is 0.333. The summed E-state index contributed by atoms with van der Waals surface area (Å²) in [6.07, 6.45) is 1.98. The number of carbonyl (C=O) groups is 1. The van der Waals surface area contributed by atoms with Gasteiger partial charge in [0.1, 0.15) is 12.1 Å². The molecule has 1 saturated heterocycles. The number of rotatable bonds is 7. The normalized spacial score (nSPS) is 21.6. The van der Waals surface area contributed by atoms with Gasteiger partial charge in [0.25, 0.3) is 0 Å². The predicted molar refractivity (Wildman–Crippen MR) is 142 cm³/mol. The molecule has 4 heterocycles. The number of amides is 1. The highest BCUT2D eigenvalue weighted by Gasteiger charge is 2.65. The number of benzene rings is 2. The molecule has 13 heteroatoms. The first-order valence-electron chi connectivity index (χ1n) is 12.9. The Bertz CT molecular complexity index is 1620. The minimum Gasteiger partial charge on any atom is -0.497 e. The monoisotopic (exact) mass is 549 g/mol. The Balaban J connectivity index is 1.19. The fourth-order valence-corrected chi connectivity index (χ4v) is 5.81. The summed E-state index contributed by atoms with van der Waals surface area (Å²) in [5.74, 6) is 1.25. The van der Waals surface area contributed by atoms with Crippen molar-refractivity contribution in [3.63, 3.8) is 0 Å². The largest absolute Gasteiger partial charge is 0.497 e. The lowest BCUT2D eigenvalue weighted by molar-refractivity contribution is -0.118. The number of aromatic nitrogens is 4. The van der Waals surface area contributed by atoms with Crippen molar-refractivity contribution in [1.82, 2.24) is 20.2 Å². The van der Waals surface area contributed by atoms with Gasteiger partial charge in [0.15, 0.2) is 17.5 Å². The Morgan fingerprint density at radius 2 is 2.00 bits per heavy atom. The van der Waals surface area contributed by atoms with Crippen molar-refractivity contribution < 1.29 is 27.8 Å². The number of alkyl halides is 2. The van der Waals surface area contributed by atoms with E-state index in [1.165, 1.54) is 6.33 Å². The van der Waals surface area contributed by atoms with Gasteiger partial charge in [0.2, 0.25) is 11.7 Å². The summed E-state index contributed by atoms with van der Waals surface area (Å²) in [6.45, 7) is -1.18. The molecule has 2 aromatic heterocycles. The Hall–Kier alpha value is -4.52. The average molecular weight is 550 g/mol. The van der Waals surface area contributed by atoms with Crippen LogP contribution >= 0.6 is 0 Å². The van der Waals surface area contributed by atoms with E-state index in [0.717, 1.165) is 27.7 Å². The molecule has 2 fully saturated rings. The number of halogens is 2. The van der Waals surface area contributed by atoms with Gasteiger partial charge in [-0.25, -0.2) is 9.97 Å². The average Bonchev–Trinajstić information content (AvgIpc) is 3.52. The summed E-state index contributed by atoms with van der Waals surface area (Å²) in [5, 5.41) is 14.1. The molecule has 2 atom stereocenters. The van der Waals surface area contributed by atoms with E-state index in [4.69, 9.17) is 14.2 Å². The smallest absolute Gasteiger partial charge is 0.387 e. The van der Waals surface area contributed by atoms with Crippen molar-refractivity contribution in [2.75, 3.05) is 48.9 Å². The van der Waals surface area contributed by atoms with Crippen molar-refractivity contribution in [2.45, 2.75) is 24.4 Å². The lowest BCUT2D eigenvalue weighted by Gasteiger charge is -2.29. The number of carbonyl (C=O) groups excluding carboxylic acids is 1. The molecule has 0 bridgehead atoms. The van der Waals surface area contributed by atoms with Gasteiger partial charge in [-0.3, -0.25) is 9.89 Å². The standard InChI is InChI=1S/C27H25F2N7O4/c1-38-15-3-5-19-17(11-15)27(25(37)32-19)12-18(27)14-2-4-16-20(10-14)34-35-22(16)33-23-21(40-26(28)29)24(31-13-30-23)36-6-8-39-9-7-36/h2-5,10-11,13,18,26H,6-9,12H2,1H3,(H,32,37)(H2,30,31,33,34,35)/t18-,27-/m0/s1. The van der Waals surface area contributed by atoms with Crippen molar-refractivity contribution in [3.8, 4) is 11.5 Å². The number of hydrogen-bond donors (Lipinski definition) is 3. The van der Waals surface area contributed by atoms with E-state index in [0.29, 0.717) is 44.3 Å². The maximum atomic E-state index is 13.4. The number of anilines is 4. The van der Waals surface area contributed by atoms with Crippen LogP contribution in [-0.2, 0) is 14.9 Å². The second-order valence-corrected chi connectivity index (χ2v) is 9.95. The molecule has 1 saturated carbocycles. The first kappa shape index (κ1) is 24.5. The number of nitrogens with zero attached hydrogens (tertiary/aromatic N) is 4. The van der Waals surface area contributed by atoms with Crippen LogP contribution in [0.4, 0.5) is 31.9 Å². The minimum atomic E-state index is -3.06. The van der Waals surface area contributed by atoms with E-state index in [-0.39, 0.29) is 29.2 Å². The quantitative estimate of drug-likeness (QED) is 0.314. The number of aromatic amines is 1. The molecular formula is C27H25F2N7O4. The van der Waals surface area contributed by atoms with Gasteiger partial charge in [-0.1, -0.05) is 6.07 Å². The summed E-state index contributed by atoms with van der Waals surface area (Å²) in [6, 6.07) is 11.4. The number of fused-ring (bicyclic) bond motifs is 3. The third-order valence-corrected chi connectivity index (χ3v) is 7.85. The molecule has 3 aliphatic rings. The van der Waals surface area contributed by atoms with Crippen molar-refractivity contribution >= 4 is 40.0 Å². The van der Waals surface area contributed by atoms with Crippen LogP contribution in [0.5, 0.6) is 11.5 Å². The van der Waals surface area contributed by atoms with Crippen molar-refractivity contribution in [1.29, 1.82) is 0 Å². The van der Waals surface area contributed by atoms with Crippen LogP contribution in [0, 0.1) is 0 Å². The number of methoxy groups -OCH3 is 1. The molecule has 4 aromatic rings. The molecule has 11 nitrogen and oxygen atoms in total. The van der Waals surface area contributed by atoms with Crippen LogP contribution in [0.15, 0.2) is 42.7 Å². The second kappa shape index (κ2) is 9.30. The van der Waals surface area contributed by atoms with Crippen molar-refractivity contribution in [3.05, 3.63) is 53.9 Å².